The van der Waals surface area contributed by atoms with Crippen LogP contribution in [0.15, 0.2) is 29.3 Å². The van der Waals surface area contributed by atoms with Crippen molar-refractivity contribution in [1.29, 1.82) is 0 Å². The van der Waals surface area contributed by atoms with Gasteiger partial charge in [-0.25, -0.2) is 8.42 Å². The number of rotatable bonds is 3. The third kappa shape index (κ3) is 4.07. The molecule has 17 heavy (non-hydrogen) atoms. The van der Waals surface area contributed by atoms with Crippen LogP contribution >= 0.6 is 0 Å². The number of hydrogen-bond acceptors (Lipinski definition) is 3. The normalized spacial score (nSPS) is 12.4. The molecular weight excluding hydrogens is 238 g/mol. The highest BCUT2D eigenvalue weighted by atomic mass is 32.2. The van der Waals surface area contributed by atoms with Gasteiger partial charge in [0.1, 0.15) is 0 Å². The van der Waals surface area contributed by atoms with Crippen LogP contribution in [0.4, 0.5) is 11.4 Å². The van der Waals surface area contributed by atoms with Crippen molar-refractivity contribution in [3.05, 3.63) is 24.3 Å². The Kier molecular flexibility index (Phi) is 4.11. The average Bonchev–Trinajstić information content (AvgIpc) is 2.26. The molecule has 94 valence electrons. The van der Waals surface area contributed by atoms with Crippen molar-refractivity contribution in [2.45, 2.75) is 6.92 Å². The Balaban J connectivity index is 2.89. The molecule has 1 N–H and O–H groups in total. The van der Waals surface area contributed by atoms with Gasteiger partial charge in [-0.1, -0.05) is 0 Å². The Bertz CT molecular complexity index is 506. The van der Waals surface area contributed by atoms with Crippen LogP contribution in [0.3, 0.4) is 0 Å². The molecule has 1 rings (SSSR count). The topological polar surface area (TPSA) is 61.8 Å². The van der Waals surface area contributed by atoms with Gasteiger partial charge in [-0.05, 0) is 31.2 Å². The zero-order chi connectivity index (χ0) is 13.1. The highest BCUT2D eigenvalue weighted by Gasteiger charge is 2.05. The largest absolute Gasteiger partial charge is 0.334 e. The fourth-order valence-corrected chi connectivity index (χ4v) is 1.87. The molecule has 0 aliphatic heterocycles. The second kappa shape index (κ2) is 5.18. The first-order valence-corrected chi connectivity index (χ1v) is 6.97. The summed E-state index contributed by atoms with van der Waals surface area (Å²) in [5, 5.41) is 0. The summed E-state index contributed by atoms with van der Waals surface area (Å²) in [7, 11) is 0.413. The lowest BCUT2D eigenvalue weighted by molar-refractivity contribution is 0.607. The third-order valence-corrected chi connectivity index (χ3v) is 2.97. The Morgan fingerprint density at radius 1 is 1.29 bits per heavy atom. The van der Waals surface area contributed by atoms with E-state index >= 15 is 0 Å². The van der Waals surface area contributed by atoms with E-state index in [1.807, 2.05) is 31.0 Å². The first-order chi connectivity index (χ1) is 7.83. The predicted octanol–water partition coefficient (Wildman–Crippen LogP) is 1.54. The molecule has 0 atom stereocenters. The molecular formula is C11H17N3O2S. The highest BCUT2D eigenvalue weighted by Crippen LogP contribution is 2.17. The maximum Gasteiger partial charge on any atom is 0.229 e. The quantitative estimate of drug-likeness (QED) is 0.658. The number of nitrogens with zero attached hydrogens (tertiary/aromatic N) is 2. The van der Waals surface area contributed by atoms with E-state index in [1.54, 1.807) is 19.2 Å². The summed E-state index contributed by atoms with van der Waals surface area (Å²) < 4.78 is 24.5. The molecule has 0 aliphatic rings. The van der Waals surface area contributed by atoms with E-state index in [4.69, 9.17) is 0 Å². The summed E-state index contributed by atoms with van der Waals surface area (Å²) in [6.45, 7) is 1.91. The lowest BCUT2D eigenvalue weighted by Gasteiger charge is -2.18. The number of aliphatic imine (C=N–C) groups is 1. The van der Waals surface area contributed by atoms with Crippen molar-refractivity contribution < 1.29 is 8.42 Å². The Hall–Kier alpha value is -1.56. The lowest BCUT2D eigenvalue weighted by Crippen LogP contribution is -2.23. The minimum Gasteiger partial charge on any atom is -0.334 e. The van der Waals surface area contributed by atoms with E-state index in [1.165, 1.54) is 0 Å². The molecule has 0 unspecified atom stereocenters. The first-order valence-electron chi connectivity index (χ1n) is 5.08. The van der Waals surface area contributed by atoms with Crippen LogP contribution in [-0.4, -0.2) is 34.6 Å². The predicted molar refractivity (Wildman–Crippen MR) is 72.3 cm³/mol. The SMILES string of the molecule is CN=C(C)N(C)c1ccc(NS(C)(=O)=O)cc1. The zero-order valence-electron chi connectivity index (χ0n) is 10.4. The van der Waals surface area contributed by atoms with Gasteiger partial charge >= 0.3 is 0 Å². The Labute approximate surface area is 102 Å². The van der Waals surface area contributed by atoms with Gasteiger partial charge in [-0.2, -0.15) is 0 Å². The van der Waals surface area contributed by atoms with Gasteiger partial charge in [0.05, 0.1) is 12.1 Å². The second-order valence-corrected chi connectivity index (χ2v) is 5.50. The molecule has 0 heterocycles. The van der Waals surface area contributed by atoms with E-state index in [2.05, 4.69) is 9.71 Å². The molecule has 1 aromatic rings. The van der Waals surface area contributed by atoms with Gasteiger partial charge in [0.2, 0.25) is 10.0 Å². The number of benzene rings is 1. The molecule has 0 bridgehead atoms. The molecule has 6 heteroatoms. The summed E-state index contributed by atoms with van der Waals surface area (Å²) in [6, 6.07) is 7.11. The van der Waals surface area contributed by atoms with Crippen molar-refractivity contribution in [2.75, 3.05) is 30.0 Å². The number of anilines is 2. The summed E-state index contributed by atoms with van der Waals surface area (Å²) in [4.78, 5) is 6.00. The maximum absolute atomic E-state index is 11.0. The number of nitrogens with one attached hydrogen (secondary N) is 1. The molecule has 5 nitrogen and oxygen atoms in total. The molecule has 0 saturated heterocycles. The van der Waals surface area contributed by atoms with Crippen LogP contribution < -0.4 is 9.62 Å². The summed E-state index contributed by atoms with van der Waals surface area (Å²) in [6.07, 6.45) is 1.13. The Morgan fingerprint density at radius 3 is 2.24 bits per heavy atom. The fraction of sp³-hybridized carbons (Fsp3) is 0.364. The monoisotopic (exact) mass is 255 g/mol. The van der Waals surface area contributed by atoms with Gasteiger partial charge in [0, 0.05) is 25.5 Å². The Morgan fingerprint density at radius 2 is 1.82 bits per heavy atom. The van der Waals surface area contributed by atoms with Gasteiger partial charge in [-0.3, -0.25) is 9.71 Å². The van der Waals surface area contributed by atoms with Crippen molar-refractivity contribution in [3.63, 3.8) is 0 Å². The van der Waals surface area contributed by atoms with Gasteiger partial charge in [-0.15, -0.1) is 0 Å². The van der Waals surface area contributed by atoms with Gasteiger partial charge in [0.25, 0.3) is 0 Å². The number of sulfonamides is 1. The summed E-state index contributed by atoms with van der Waals surface area (Å²) >= 11 is 0. The first kappa shape index (κ1) is 13.5. The molecule has 0 fully saturated rings. The third-order valence-electron chi connectivity index (χ3n) is 2.37. The van der Waals surface area contributed by atoms with Crippen molar-refractivity contribution in [3.8, 4) is 0 Å². The average molecular weight is 255 g/mol. The minimum atomic E-state index is -3.22. The standard InChI is InChI=1S/C11H17N3O2S/c1-9(12-2)14(3)11-7-5-10(6-8-11)13-17(4,15)16/h5-8,13H,1-4H3. The van der Waals surface area contributed by atoms with Crippen molar-refractivity contribution in [2.24, 2.45) is 4.99 Å². The molecule has 0 saturated carbocycles. The molecule has 0 radical (unpaired) electrons. The van der Waals surface area contributed by atoms with Crippen LogP contribution in [-0.2, 0) is 10.0 Å². The van der Waals surface area contributed by atoms with Crippen LogP contribution in [0.2, 0.25) is 0 Å². The highest BCUT2D eigenvalue weighted by molar-refractivity contribution is 7.92. The number of hydrogen-bond donors (Lipinski definition) is 1. The van der Waals surface area contributed by atoms with Crippen LogP contribution in [0, 0.1) is 0 Å². The summed E-state index contributed by atoms with van der Waals surface area (Å²) in [5.74, 6) is 0.883. The van der Waals surface area contributed by atoms with Gasteiger partial charge < -0.3 is 4.90 Å². The molecule has 0 amide bonds. The zero-order valence-corrected chi connectivity index (χ0v) is 11.2. The van der Waals surface area contributed by atoms with Gasteiger partial charge in [0.15, 0.2) is 0 Å². The van der Waals surface area contributed by atoms with E-state index < -0.39 is 10.0 Å². The minimum absolute atomic E-state index is 0.552. The van der Waals surface area contributed by atoms with Crippen molar-refractivity contribution in [1.82, 2.24) is 0 Å². The lowest BCUT2D eigenvalue weighted by atomic mass is 10.2. The molecule has 0 aliphatic carbocycles. The van der Waals surface area contributed by atoms with E-state index in [0.29, 0.717) is 5.69 Å². The van der Waals surface area contributed by atoms with E-state index in [9.17, 15) is 8.42 Å². The van der Waals surface area contributed by atoms with E-state index in [-0.39, 0.29) is 0 Å². The molecule has 0 aromatic heterocycles. The van der Waals surface area contributed by atoms with Crippen molar-refractivity contribution >= 4 is 27.2 Å². The van der Waals surface area contributed by atoms with Crippen LogP contribution in [0.5, 0.6) is 0 Å². The molecule has 1 aromatic carbocycles. The smallest absolute Gasteiger partial charge is 0.229 e. The molecule has 0 spiro atoms. The number of amidine groups is 1. The fourth-order valence-electron chi connectivity index (χ4n) is 1.30. The van der Waals surface area contributed by atoms with Crippen LogP contribution in [0.1, 0.15) is 6.92 Å². The van der Waals surface area contributed by atoms with E-state index in [0.717, 1.165) is 17.8 Å². The second-order valence-electron chi connectivity index (χ2n) is 3.75. The maximum atomic E-state index is 11.0. The summed E-state index contributed by atoms with van der Waals surface area (Å²) in [5.41, 5.74) is 1.50. The van der Waals surface area contributed by atoms with Crippen LogP contribution in [0.25, 0.3) is 0 Å².